The molecule has 0 bridgehead atoms. The number of sulfonamides is 1. The van der Waals surface area contributed by atoms with Gasteiger partial charge in [0.25, 0.3) is 0 Å². The zero-order valence-electron chi connectivity index (χ0n) is 12.7. The zero-order chi connectivity index (χ0) is 16.2. The van der Waals surface area contributed by atoms with Crippen molar-refractivity contribution in [2.45, 2.75) is 30.7 Å². The number of carbonyl (C=O) groups excluding carboxylic acids is 1. The molecule has 6 nitrogen and oxygen atoms in total. The molecular formula is C15H21NO5S. The molecule has 7 heteroatoms. The fourth-order valence-electron chi connectivity index (χ4n) is 2.45. The second kappa shape index (κ2) is 7.32. The summed E-state index contributed by atoms with van der Waals surface area (Å²) in [4.78, 5) is 12.1. The van der Waals surface area contributed by atoms with Crippen LogP contribution in [-0.2, 0) is 19.5 Å². The first-order chi connectivity index (χ1) is 10.4. The van der Waals surface area contributed by atoms with Crippen LogP contribution in [0.3, 0.4) is 0 Å². The van der Waals surface area contributed by atoms with Crippen molar-refractivity contribution in [1.29, 1.82) is 0 Å². The van der Waals surface area contributed by atoms with E-state index in [2.05, 4.69) is 4.72 Å². The van der Waals surface area contributed by atoms with Crippen molar-refractivity contribution in [3.63, 3.8) is 0 Å². The van der Waals surface area contributed by atoms with Gasteiger partial charge in [0.2, 0.25) is 10.0 Å². The molecule has 1 aliphatic heterocycles. The number of ketones is 1. The maximum atomic E-state index is 12.3. The van der Waals surface area contributed by atoms with Crippen molar-refractivity contribution in [1.82, 2.24) is 4.72 Å². The van der Waals surface area contributed by atoms with Crippen LogP contribution in [0.2, 0.25) is 0 Å². The van der Waals surface area contributed by atoms with Crippen molar-refractivity contribution in [3.05, 3.63) is 35.9 Å². The highest BCUT2D eigenvalue weighted by molar-refractivity contribution is 7.90. The third-order valence-electron chi connectivity index (χ3n) is 3.63. The zero-order valence-corrected chi connectivity index (χ0v) is 13.5. The van der Waals surface area contributed by atoms with Gasteiger partial charge in [0.05, 0.1) is 13.2 Å². The Labute approximate surface area is 130 Å². The third kappa shape index (κ3) is 4.13. The molecule has 1 aliphatic rings. The van der Waals surface area contributed by atoms with Gasteiger partial charge in [-0.15, -0.1) is 0 Å². The standard InChI is InChI=1S/C15H21NO5S/c1-11(8-13(17)12-6-4-3-5-7-12)16-22(18,19)15-10-21-9-14(15)20-2/h3-7,11,14-16H,8-10H2,1-2H3/t11?,14-,15+/m1/s1. The summed E-state index contributed by atoms with van der Waals surface area (Å²) >= 11 is 0. The summed E-state index contributed by atoms with van der Waals surface area (Å²) in [5.74, 6) is -0.0956. The number of hydrogen-bond acceptors (Lipinski definition) is 5. The summed E-state index contributed by atoms with van der Waals surface area (Å²) in [7, 11) is -2.14. The minimum Gasteiger partial charge on any atom is -0.378 e. The van der Waals surface area contributed by atoms with E-state index in [9.17, 15) is 13.2 Å². The van der Waals surface area contributed by atoms with Crippen LogP contribution in [0.4, 0.5) is 0 Å². The molecular weight excluding hydrogens is 306 g/mol. The maximum absolute atomic E-state index is 12.3. The number of hydrogen-bond donors (Lipinski definition) is 1. The number of benzene rings is 1. The molecule has 1 aromatic rings. The SMILES string of the molecule is CO[C@@H]1COC[C@@H]1S(=O)(=O)NC(C)CC(=O)c1ccccc1. The van der Waals surface area contributed by atoms with Gasteiger partial charge in [-0.3, -0.25) is 4.79 Å². The molecule has 1 saturated heterocycles. The minimum absolute atomic E-state index is 0.0956. The normalized spacial score (nSPS) is 23.4. The van der Waals surface area contributed by atoms with E-state index < -0.39 is 27.4 Å². The number of ether oxygens (including phenoxy) is 2. The summed E-state index contributed by atoms with van der Waals surface area (Å²) in [5, 5.41) is -0.744. The quantitative estimate of drug-likeness (QED) is 0.755. The van der Waals surface area contributed by atoms with Gasteiger partial charge >= 0.3 is 0 Å². The molecule has 22 heavy (non-hydrogen) atoms. The van der Waals surface area contributed by atoms with E-state index in [1.807, 2.05) is 6.07 Å². The predicted molar refractivity (Wildman–Crippen MR) is 82.3 cm³/mol. The molecule has 2 rings (SSSR count). The first-order valence-electron chi connectivity index (χ1n) is 7.14. The lowest BCUT2D eigenvalue weighted by Gasteiger charge is -2.20. The Morgan fingerprint density at radius 1 is 1.36 bits per heavy atom. The van der Waals surface area contributed by atoms with Crippen LogP contribution in [0.1, 0.15) is 23.7 Å². The minimum atomic E-state index is -3.60. The fraction of sp³-hybridized carbons (Fsp3) is 0.533. The lowest BCUT2D eigenvalue weighted by atomic mass is 10.1. The van der Waals surface area contributed by atoms with Crippen LogP contribution >= 0.6 is 0 Å². The van der Waals surface area contributed by atoms with Gasteiger partial charge in [0, 0.05) is 25.1 Å². The summed E-state index contributed by atoms with van der Waals surface area (Å²) < 4.78 is 37.5. The molecule has 0 saturated carbocycles. The second-order valence-electron chi connectivity index (χ2n) is 5.41. The first-order valence-corrected chi connectivity index (χ1v) is 8.68. The van der Waals surface area contributed by atoms with Gasteiger partial charge in [-0.25, -0.2) is 13.1 Å². The van der Waals surface area contributed by atoms with Crippen molar-refractivity contribution in [2.24, 2.45) is 0 Å². The van der Waals surface area contributed by atoms with Gasteiger partial charge < -0.3 is 9.47 Å². The molecule has 1 unspecified atom stereocenters. The fourth-order valence-corrected chi connectivity index (χ4v) is 4.14. The Balaban J connectivity index is 1.96. The molecule has 0 amide bonds. The van der Waals surface area contributed by atoms with Gasteiger partial charge in [-0.2, -0.15) is 0 Å². The summed E-state index contributed by atoms with van der Waals surface area (Å²) in [6.07, 6.45) is -0.372. The van der Waals surface area contributed by atoms with Gasteiger partial charge in [-0.1, -0.05) is 30.3 Å². The Hall–Kier alpha value is -1.28. The van der Waals surface area contributed by atoms with Crippen LogP contribution in [0.25, 0.3) is 0 Å². The molecule has 0 aliphatic carbocycles. The number of carbonyl (C=O) groups is 1. The number of nitrogens with one attached hydrogen (secondary N) is 1. The highest BCUT2D eigenvalue weighted by Gasteiger charge is 2.39. The van der Waals surface area contributed by atoms with Crippen molar-refractivity contribution in [2.75, 3.05) is 20.3 Å². The molecule has 122 valence electrons. The van der Waals surface area contributed by atoms with Crippen LogP contribution in [0.15, 0.2) is 30.3 Å². The van der Waals surface area contributed by atoms with Gasteiger partial charge in [-0.05, 0) is 6.92 Å². The molecule has 1 heterocycles. The Morgan fingerprint density at radius 2 is 2.05 bits per heavy atom. The predicted octanol–water partition coefficient (Wildman–Crippen LogP) is 0.981. The third-order valence-corrected chi connectivity index (χ3v) is 5.60. The topological polar surface area (TPSA) is 81.7 Å². The van der Waals surface area contributed by atoms with Crippen molar-refractivity contribution >= 4 is 15.8 Å². The lowest BCUT2D eigenvalue weighted by molar-refractivity contribution is 0.0828. The van der Waals surface area contributed by atoms with E-state index in [4.69, 9.17) is 9.47 Å². The number of Topliss-reactive ketones (excluding diaryl/α,β-unsaturated/α-hetero) is 1. The van der Waals surface area contributed by atoms with Crippen LogP contribution in [0, 0.1) is 0 Å². The molecule has 1 N–H and O–H groups in total. The highest BCUT2D eigenvalue weighted by Crippen LogP contribution is 2.17. The molecule has 0 aromatic heterocycles. The molecule has 1 fully saturated rings. The van der Waals surface area contributed by atoms with Crippen molar-refractivity contribution in [3.8, 4) is 0 Å². The lowest BCUT2D eigenvalue weighted by Crippen LogP contribution is -2.45. The second-order valence-corrected chi connectivity index (χ2v) is 7.34. The summed E-state index contributed by atoms with van der Waals surface area (Å²) in [5.41, 5.74) is 0.576. The maximum Gasteiger partial charge on any atom is 0.219 e. The number of rotatable bonds is 7. The van der Waals surface area contributed by atoms with E-state index in [0.29, 0.717) is 5.56 Å². The Kier molecular flexibility index (Phi) is 5.69. The molecule has 3 atom stereocenters. The van der Waals surface area contributed by atoms with E-state index in [0.717, 1.165) is 0 Å². The molecule has 0 radical (unpaired) electrons. The molecule has 1 aromatic carbocycles. The average Bonchev–Trinajstić information content (AvgIpc) is 2.97. The Morgan fingerprint density at radius 3 is 2.68 bits per heavy atom. The summed E-state index contributed by atoms with van der Waals surface area (Å²) in [6.45, 7) is 2.04. The van der Waals surface area contributed by atoms with Crippen LogP contribution < -0.4 is 4.72 Å². The summed E-state index contributed by atoms with van der Waals surface area (Å²) in [6, 6.07) is 8.33. The van der Waals surface area contributed by atoms with Crippen LogP contribution in [0.5, 0.6) is 0 Å². The van der Waals surface area contributed by atoms with E-state index >= 15 is 0 Å². The molecule has 0 spiro atoms. The van der Waals surface area contributed by atoms with Gasteiger partial charge in [0.1, 0.15) is 11.4 Å². The largest absolute Gasteiger partial charge is 0.378 e. The smallest absolute Gasteiger partial charge is 0.219 e. The average molecular weight is 327 g/mol. The monoisotopic (exact) mass is 327 g/mol. The van der Waals surface area contributed by atoms with Crippen LogP contribution in [-0.4, -0.2) is 51.9 Å². The van der Waals surface area contributed by atoms with E-state index in [1.54, 1.807) is 31.2 Å². The van der Waals surface area contributed by atoms with E-state index in [-0.39, 0.29) is 25.4 Å². The van der Waals surface area contributed by atoms with Crippen molar-refractivity contribution < 1.29 is 22.7 Å². The Bertz CT molecular complexity index is 602. The highest BCUT2D eigenvalue weighted by atomic mass is 32.2. The number of methoxy groups -OCH3 is 1. The van der Waals surface area contributed by atoms with E-state index in [1.165, 1.54) is 7.11 Å². The first kappa shape index (κ1) is 17.1. The van der Waals surface area contributed by atoms with Gasteiger partial charge in [0.15, 0.2) is 5.78 Å².